The van der Waals surface area contributed by atoms with Crippen molar-refractivity contribution in [3.8, 4) is 0 Å². The van der Waals surface area contributed by atoms with E-state index < -0.39 is 0 Å². The zero-order valence-electron chi connectivity index (χ0n) is 4.02. The summed E-state index contributed by atoms with van der Waals surface area (Å²) in [4.78, 5) is 0. The maximum atomic E-state index is 4.60. The van der Waals surface area contributed by atoms with E-state index in [1.807, 2.05) is 11.5 Å². The third kappa shape index (κ3) is 1.31. The quantitative estimate of drug-likeness (QED) is 0.409. The van der Waals surface area contributed by atoms with E-state index in [9.17, 15) is 0 Å². The summed E-state index contributed by atoms with van der Waals surface area (Å²) in [5.74, 6) is 0. The lowest BCUT2D eigenvalue weighted by molar-refractivity contribution is 0.780. The highest BCUT2D eigenvalue weighted by Crippen LogP contribution is 2.11. The van der Waals surface area contributed by atoms with Crippen molar-refractivity contribution in [3.05, 3.63) is 11.5 Å². The van der Waals surface area contributed by atoms with Gasteiger partial charge in [0.25, 0.3) is 0 Å². The smallest absolute Gasteiger partial charge is 0.0994 e. The number of hydrogen-bond donors (Lipinski definition) is 0. The second-order valence-corrected chi connectivity index (χ2v) is 2.17. The van der Waals surface area contributed by atoms with E-state index in [1.54, 1.807) is 10.6 Å². The first-order chi connectivity index (χ1) is 3.93. The molecule has 0 aromatic heterocycles. The first-order valence-corrected chi connectivity index (χ1v) is 3.35. The number of nitrogens with zero attached hydrogens (tertiary/aromatic N) is 2. The molecule has 4 heteroatoms. The zero-order valence-corrected chi connectivity index (χ0v) is 5.65. The van der Waals surface area contributed by atoms with Crippen molar-refractivity contribution >= 4 is 35.9 Å². The summed E-state index contributed by atoms with van der Waals surface area (Å²) in [6, 6.07) is 0. The number of rotatable bonds is 1. The Morgan fingerprint density at radius 1 is 1.75 bits per heavy atom. The largest absolute Gasteiger partial charge is 0.199 e. The van der Waals surface area contributed by atoms with Gasteiger partial charge in [0.15, 0.2) is 0 Å². The third-order valence-corrected chi connectivity index (χ3v) is 1.63. The van der Waals surface area contributed by atoms with Crippen LogP contribution in [-0.2, 0) is 0 Å². The molecule has 0 aromatic rings. The maximum absolute atomic E-state index is 4.60. The number of hydrogen-bond acceptors (Lipinski definition) is 3. The Morgan fingerprint density at radius 2 is 2.62 bits per heavy atom. The topological polar surface area (TPSA) is 15.6 Å². The van der Waals surface area contributed by atoms with Crippen molar-refractivity contribution in [1.82, 2.24) is 4.41 Å². The molecule has 0 radical (unpaired) electrons. The molecule has 0 aliphatic carbocycles. The van der Waals surface area contributed by atoms with Gasteiger partial charge in [-0.2, -0.15) is 9.52 Å². The first-order valence-electron chi connectivity index (χ1n) is 2.04. The molecule has 42 valence electrons. The molecule has 0 fully saturated rings. The van der Waals surface area contributed by atoms with E-state index in [0.29, 0.717) is 0 Å². The predicted octanol–water partition coefficient (Wildman–Crippen LogP) is 1.41. The molecular formula is C4H4N2S2. The first kappa shape index (κ1) is 5.78. The Morgan fingerprint density at radius 3 is 3.00 bits per heavy atom. The van der Waals surface area contributed by atoms with Crippen LogP contribution in [0.5, 0.6) is 0 Å². The molecule has 1 aliphatic heterocycles. The van der Waals surface area contributed by atoms with E-state index in [4.69, 9.17) is 0 Å². The van der Waals surface area contributed by atoms with E-state index >= 15 is 0 Å². The van der Waals surface area contributed by atoms with Crippen molar-refractivity contribution < 1.29 is 0 Å². The van der Waals surface area contributed by atoms with Crippen molar-refractivity contribution in [3.63, 3.8) is 0 Å². The summed E-state index contributed by atoms with van der Waals surface area (Å²) in [6.45, 7) is 0. The minimum atomic E-state index is 1.46. The normalized spacial score (nSPS) is 16.8. The highest BCUT2D eigenvalue weighted by atomic mass is 32.2. The van der Waals surface area contributed by atoms with Gasteiger partial charge in [0.1, 0.15) is 0 Å². The van der Waals surface area contributed by atoms with Crippen LogP contribution < -0.4 is 0 Å². The Labute approximate surface area is 57.4 Å². The molecule has 1 aliphatic rings. The molecule has 1 heterocycles. The van der Waals surface area contributed by atoms with Gasteiger partial charge in [0.05, 0.1) is 5.49 Å². The fraction of sp³-hybridized carbons (Fsp3) is 0. The lowest BCUT2D eigenvalue weighted by Crippen LogP contribution is -2.03. The summed E-state index contributed by atoms with van der Waals surface area (Å²) in [6.07, 6.45) is 3.55. The fourth-order valence-electron chi connectivity index (χ4n) is 0.316. The van der Waals surface area contributed by atoms with Gasteiger partial charge in [0, 0.05) is 18.2 Å². The summed E-state index contributed by atoms with van der Waals surface area (Å²) in [7, 11) is 0. The van der Waals surface area contributed by atoms with E-state index in [1.165, 1.54) is 17.4 Å². The highest BCUT2D eigenvalue weighted by Gasteiger charge is 1.93. The van der Waals surface area contributed by atoms with E-state index in [0.717, 1.165) is 0 Å². The number of allylic oxidation sites excluding steroid dienone is 1. The summed E-state index contributed by atoms with van der Waals surface area (Å²) >= 11 is 6.06. The van der Waals surface area contributed by atoms with Crippen molar-refractivity contribution in [2.45, 2.75) is 0 Å². The van der Waals surface area contributed by atoms with Gasteiger partial charge in [0.2, 0.25) is 0 Å². The Balaban J connectivity index is 2.51. The van der Waals surface area contributed by atoms with Crippen LogP contribution in [0.4, 0.5) is 0 Å². The van der Waals surface area contributed by atoms with E-state index in [2.05, 4.69) is 17.3 Å². The van der Waals surface area contributed by atoms with Gasteiger partial charge in [-0.05, 0) is 11.5 Å². The maximum Gasteiger partial charge on any atom is 0.0994 e. The Bertz CT molecular complexity index is 141. The average molecular weight is 144 g/mol. The minimum Gasteiger partial charge on any atom is -0.199 e. The van der Waals surface area contributed by atoms with Crippen LogP contribution in [0, 0.1) is 0 Å². The molecule has 1 rings (SSSR count). The fourth-order valence-corrected chi connectivity index (χ4v) is 0.943. The molecule has 0 aromatic carbocycles. The van der Waals surface area contributed by atoms with Gasteiger partial charge < -0.3 is 0 Å². The summed E-state index contributed by atoms with van der Waals surface area (Å²) in [5, 5.41) is 5.79. The van der Waals surface area contributed by atoms with Crippen molar-refractivity contribution in [1.29, 1.82) is 0 Å². The zero-order chi connectivity index (χ0) is 5.82. The van der Waals surface area contributed by atoms with Gasteiger partial charge in [-0.1, -0.05) is 12.2 Å². The van der Waals surface area contributed by atoms with Gasteiger partial charge in [-0.25, -0.2) is 0 Å². The molecule has 0 bridgehead atoms. The van der Waals surface area contributed by atoms with Gasteiger partial charge >= 0.3 is 0 Å². The van der Waals surface area contributed by atoms with Crippen LogP contribution in [0.25, 0.3) is 0 Å². The van der Waals surface area contributed by atoms with E-state index in [-0.39, 0.29) is 0 Å². The van der Waals surface area contributed by atoms with Crippen LogP contribution >= 0.6 is 24.2 Å². The molecule has 0 saturated carbocycles. The molecule has 0 spiro atoms. The van der Waals surface area contributed by atoms with Crippen molar-refractivity contribution in [2.75, 3.05) is 0 Å². The molecule has 8 heavy (non-hydrogen) atoms. The van der Waals surface area contributed by atoms with Crippen LogP contribution in [-0.4, -0.2) is 16.1 Å². The summed E-state index contributed by atoms with van der Waals surface area (Å²) < 4.78 is 1.61. The highest BCUT2D eigenvalue weighted by molar-refractivity contribution is 8.01. The Hall–Kier alpha value is -0.350. The molecule has 0 unspecified atom stereocenters. The molecule has 2 nitrogen and oxygen atoms in total. The van der Waals surface area contributed by atoms with Crippen LogP contribution in [0.15, 0.2) is 16.6 Å². The SMILES string of the molecule is S=CN1N=CC=CS1. The molecular weight excluding hydrogens is 140 g/mol. The Kier molecular flexibility index (Phi) is 2.05. The lowest BCUT2D eigenvalue weighted by Gasteiger charge is -2.08. The molecule has 0 N–H and O–H groups in total. The van der Waals surface area contributed by atoms with Crippen molar-refractivity contribution in [2.24, 2.45) is 5.10 Å². The lowest BCUT2D eigenvalue weighted by atomic mass is 10.7. The average Bonchev–Trinajstić information content (AvgIpc) is 1.90. The van der Waals surface area contributed by atoms with Gasteiger partial charge in [-0.3, -0.25) is 0 Å². The van der Waals surface area contributed by atoms with Crippen LogP contribution in [0.3, 0.4) is 0 Å². The van der Waals surface area contributed by atoms with Crippen LogP contribution in [0.1, 0.15) is 0 Å². The second kappa shape index (κ2) is 2.84. The molecule has 0 saturated heterocycles. The van der Waals surface area contributed by atoms with Crippen LogP contribution in [0.2, 0.25) is 0 Å². The number of thiocarbonyl (C=S) groups is 1. The predicted molar refractivity (Wildman–Crippen MR) is 40.7 cm³/mol. The standard InChI is InChI=1S/C4H4N2S2/c7-4-6-5-2-1-3-8-6/h1-4H. The third-order valence-electron chi connectivity index (χ3n) is 0.604. The monoisotopic (exact) mass is 144 g/mol. The number of hydrazone groups is 1. The second-order valence-electron chi connectivity index (χ2n) is 1.11. The molecule has 0 atom stereocenters. The van der Waals surface area contributed by atoms with Gasteiger partial charge in [-0.15, -0.1) is 0 Å². The minimum absolute atomic E-state index is 1.46. The molecule has 0 amide bonds. The summed E-state index contributed by atoms with van der Waals surface area (Å²) in [5.41, 5.74) is 1.49.